The first-order chi connectivity index (χ1) is 19.0. The molecular weight excluding hydrogens is 525 g/mol. The van der Waals surface area contributed by atoms with Crippen molar-refractivity contribution in [2.45, 2.75) is 25.3 Å². The van der Waals surface area contributed by atoms with E-state index in [1.165, 1.54) is 17.1 Å². The minimum atomic E-state index is -0.644. The Kier molecular flexibility index (Phi) is 4.51. The molecule has 1 N–H and O–H groups in total. The fourth-order valence-corrected chi connectivity index (χ4v) is 5.85. The molecule has 13 heteroatoms. The standard InChI is InChI=1S/C26H17ClFN9O2/c1-11-14-4-2-12(6-20(14)39-33-11)25-31-22(24(28)32-25)23-15-8-16(15)26-30-18(9-21(38)37(23)26)17-7-13(27)3-5-19(17)36-10-29-34-35-36/h2-7,9-10,15-16,23H,8H2,1H3,(H,31,32). The highest BCUT2D eigenvalue weighted by Crippen LogP contribution is 2.60. The number of halogens is 2. The molecule has 1 saturated carbocycles. The average Bonchev–Trinajstić information content (AvgIpc) is 3.29. The Balaban J connectivity index is 1.22. The molecule has 0 bridgehead atoms. The molecule has 0 spiro atoms. The molecular formula is C26H17ClFN9O2. The summed E-state index contributed by atoms with van der Waals surface area (Å²) in [5.41, 5.74) is 3.70. The molecule has 0 radical (unpaired) electrons. The zero-order chi connectivity index (χ0) is 26.4. The minimum Gasteiger partial charge on any atom is -0.356 e. The molecule has 2 aromatic carbocycles. The van der Waals surface area contributed by atoms with Crippen molar-refractivity contribution in [2.24, 2.45) is 5.92 Å². The van der Waals surface area contributed by atoms with Crippen LogP contribution in [0.3, 0.4) is 0 Å². The number of aromatic amines is 1. The monoisotopic (exact) mass is 541 g/mol. The van der Waals surface area contributed by atoms with Gasteiger partial charge in [0, 0.05) is 33.5 Å². The number of hydrogen-bond acceptors (Lipinski definition) is 8. The Hall–Kier alpha value is -4.71. The first-order valence-electron chi connectivity index (χ1n) is 12.2. The van der Waals surface area contributed by atoms with Crippen molar-refractivity contribution in [2.75, 3.05) is 0 Å². The lowest BCUT2D eigenvalue weighted by atomic mass is 10.1. The zero-order valence-electron chi connectivity index (χ0n) is 20.2. The van der Waals surface area contributed by atoms with Crippen LogP contribution in [0.1, 0.15) is 35.6 Å². The van der Waals surface area contributed by atoms with Crippen LogP contribution < -0.4 is 5.56 Å². The van der Waals surface area contributed by atoms with E-state index in [1.807, 2.05) is 19.1 Å². The number of rotatable bonds is 4. The Labute approximate surface area is 223 Å². The number of aryl methyl sites for hydroxylation is 1. The molecule has 4 aromatic heterocycles. The minimum absolute atomic E-state index is 0.0398. The molecule has 6 aromatic rings. The molecule has 192 valence electrons. The van der Waals surface area contributed by atoms with Gasteiger partial charge in [0.15, 0.2) is 5.58 Å². The second kappa shape index (κ2) is 7.90. The highest BCUT2D eigenvalue weighted by molar-refractivity contribution is 6.31. The predicted octanol–water partition coefficient (Wildman–Crippen LogP) is 4.22. The summed E-state index contributed by atoms with van der Waals surface area (Å²) in [5.74, 6) is 0.407. The van der Waals surface area contributed by atoms with E-state index in [1.54, 1.807) is 28.8 Å². The van der Waals surface area contributed by atoms with Gasteiger partial charge in [-0.1, -0.05) is 22.8 Å². The van der Waals surface area contributed by atoms with Crippen LogP contribution >= 0.6 is 11.6 Å². The summed E-state index contributed by atoms with van der Waals surface area (Å²) in [6.07, 6.45) is 2.26. The quantitative estimate of drug-likeness (QED) is 0.350. The van der Waals surface area contributed by atoms with E-state index < -0.39 is 12.0 Å². The Morgan fingerprint density at radius 2 is 2.05 bits per heavy atom. The van der Waals surface area contributed by atoms with Gasteiger partial charge in [0.05, 0.1) is 28.8 Å². The van der Waals surface area contributed by atoms with E-state index in [-0.39, 0.29) is 23.1 Å². The van der Waals surface area contributed by atoms with Crippen LogP contribution in [0.2, 0.25) is 5.02 Å². The molecule has 3 unspecified atom stereocenters. The first-order valence-corrected chi connectivity index (χ1v) is 12.6. The van der Waals surface area contributed by atoms with Gasteiger partial charge in [0.25, 0.3) is 5.56 Å². The van der Waals surface area contributed by atoms with Gasteiger partial charge in [-0.05, 0) is 60.0 Å². The summed E-state index contributed by atoms with van der Waals surface area (Å²) in [4.78, 5) is 25.7. The first kappa shape index (κ1) is 22.3. The van der Waals surface area contributed by atoms with Crippen LogP contribution in [0.4, 0.5) is 4.39 Å². The third-order valence-corrected chi connectivity index (χ3v) is 7.81. The van der Waals surface area contributed by atoms with Crippen LogP contribution in [0.5, 0.6) is 0 Å². The van der Waals surface area contributed by atoms with Crippen LogP contribution in [-0.2, 0) is 0 Å². The molecule has 0 amide bonds. The SMILES string of the molecule is Cc1noc2cc(-c3nc(F)c(C4C5CC5c5nc(-c6cc(Cl)ccc6-n6cnnn6)cc(=O)n54)[nH]3)ccc12. The van der Waals surface area contributed by atoms with E-state index in [2.05, 4.69) is 30.7 Å². The number of nitrogens with one attached hydrogen (secondary N) is 1. The Morgan fingerprint density at radius 1 is 1.15 bits per heavy atom. The number of imidazole rings is 1. The third-order valence-electron chi connectivity index (χ3n) is 7.57. The molecule has 3 atom stereocenters. The topological polar surface area (TPSA) is 133 Å². The maximum Gasteiger partial charge on any atom is 0.254 e. The highest BCUT2D eigenvalue weighted by Gasteiger charge is 2.56. The number of H-pyrrole nitrogens is 1. The molecule has 1 fully saturated rings. The van der Waals surface area contributed by atoms with Gasteiger partial charge in [-0.25, -0.2) is 9.97 Å². The van der Waals surface area contributed by atoms with Crippen molar-refractivity contribution in [1.29, 1.82) is 0 Å². The molecule has 1 aliphatic heterocycles. The summed E-state index contributed by atoms with van der Waals surface area (Å²) in [5, 5.41) is 16.7. The smallest absolute Gasteiger partial charge is 0.254 e. The molecule has 8 rings (SSSR count). The van der Waals surface area contributed by atoms with Gasteiger partial charge in [-0.15, -0.1) is 5.10 Å². The molecule has 1 aliphatic carbocycles. The van der Waals surface area contributed by atoms with Crippen LogP contribution in [-0.4, -0.2) is 44.9 Å². The largest absolute Gasteiger partial charge is 0.356 e. The van der Waals surface area contributed by atoms with Crippen LogP contribution in [0.25, 0.3) is 39.3 Å². The fourth-order valence-electron chi connectivity index (χ4n) is 5.68. The van der Waals surface area contributed by atoms with Crippen LogP contribution in [0.15, 0.2) is 58.1 Å². The normalized spacial score (nSPS) is 19.4. The molecule has 11 nitrogen and oxygen atoms in total. The summed E-state index contributed by atoms with van der Waals surface area (Å²) >= 11 is 6.29. The van der Waals surface area contributed by atoms with Gasteiger partial charge in [0.1, 0.15) is 18.0 Å². The number of nitrogens with zero attached hydrogens (tertiary/aromatic N) is 8. The van der Waals surface area contributed by atoms with Crippen molar-refractivity contribution < 1.29 is 8.91 Å². The summed E-state index contributed by atoms with van der Waals surface area (Å²) in [6, 6.07) is 11.6. The van der Waals surface area contributed by atoms with E-state index in [9.17, 15) is 4.79 Å². The summed E-state index contributed by atoms with van der Waals surface area (Å²) in [6.45, 7) is 1.86. The number of aromatic nitrogens is 9. The maximum atomic E-state index is 15.3. The lowest BCUT2D eigenvalue weighted by Crippen LogP contribution is -2.27. The van der Waals surface area contributed by atoms with Crippen molar-refractivity contribution in [3.8, 4) is 28.3 Å². The van der Waals surface area contributed by atoms with Gasteiger partial charge in [-0.2, -0.15) is 9.07 Å². The predicted molar refractivity (Wildman–Crippen MR) is 137 cm³/mol. The number of hydrogen-bond donors (Lipinski definition) is 1. The lowest BCUT2D eigenvalue weighted by Gasteiger charge is -2.17. The summed E-state index contributed by atoms with van der Waals surface area (Å²) < 4.78 is 23.8. The van der Waals surface area contributed by atoms with E-state index in [4.69, 9.17) is 21.1 Å². The van der Waals surface area contributed by atoms with Gasteiger partial charge in [0.2, 0.25) is 5.95 Å². The van der Waals surface area contributed by atoms with Gasteiger partial charge in [-0.3, -0.25) is 9.36 Å². The van der Waals surface area contributed by atoms with Crippen LogP contribution in [0, 0.1) is 18.8 Å². The molecule has 39 heavy (non-hydrogen) atoms. The fraction of sp³-hybridized carbons (Fsp3) is 0.192. The van der Waals surface area contributed by atoms with Crippen molar-refractivity contribution in [3.05, 3.63) is 87.3 Å². The number of fused-ring (bicyclic) bond motifs is 4. The summed E-state index contributed by atoms with van der Waals surface area (Å²) in [7, 11) is 0. The third kappa shape index (κ3) is 3.31. The molecule has 2 aliphatic rings. The van der Waals surface area contributed by atoms with Gasteiger partial charge < -0.3 is 9.51 Å². The zero-order valence-corrected chi connectivity index (χ0v) is 21.0. The second-order valence-electron chi connectivity index (χ2n) is 9.84. The molecule has 5 heterocycles. The van der Waals surface area contributed by atoms with E-state index in [0.29, 0.717) is 44.8 Å². The van der Waals surface area contributed by atoms with E-state index in [0.717, 1.165) is 17.5 Å². The van der Waals surface area contributed by atoms with Crippen molar-refractivity contribution in [1.82, 2.24) is 44.9 Å². The maximum absolute atomic E-state index is 15.3. The number of tetrazole rings is 1. The average molecular weight is 542 g/mol. The van der Waals surface area contributed by atoms with E-state index >= 15 is 4.39 Å². The second-order valence-corrected chi connectivity index (χ2v) is 10.3. The Morgan fingerprint density at radius 3 is 2.90 bits per heavy atom. The molecule has 0 saturated heterocycles. The Bertz CT molecular complexity index is 1990. The van der Waals surface area contributed by atoms with Gasteiger partial charge >= 0.3 is 0 Å². The number of benzene rings is 2. The van der Waals surface area contributed by atoms with Crippen molar-refractivity contribution >= 4 is 22.6 Å². The van der Waals surface area contributed by atoms with Crippen molar-refractivity contribution in [3.63, 3.8) is 0 Å². The highest BCUT2D eigenvalue weighted by atomic mass is 35.5. The lowest BCUT2D eigenvalue weighted by molar-refractivity contribution is 0.450.